The van der Waals surface area contributed by atoms with Crippen LogP contribution in [0.4, 0.5) is 0 Å². The fourth-order valence-corrected chi connectivity index (χ4v) is 2.90. The second kappa shape index (κ2) is 7.59. The number of ether oxygens (including phenoxy) is 1. The lowest BCUT2D eigenvalue weighted by molar-refractivity contribution is 0.0383. The van der Waals surface area contributed by atoms with Crippen molar-refractivity contribution in [1.82, 2.24) is 15.2 Å². The van der Waals surface area contributed by atoms with Gasteiger partial charge in [-0.15, -0.1) is 0 Å². The number of nitrogens with zero attached hydrogens (tertiary/aromatic N) is 1. The summed E-state index contributed by atoms with van der Waals surface area (Å²) in [5.74, 6) is -0.326. The van der Waals surface area contributed by atoms with E-state index in [1.165, 1.54) is 6.20 Å². The summed E-state index contributed by atoms with van der Waals surface area (Å²) in [5, 5.41) is 3.40. The molecule has 0 radical (unpaired) electrons. The standard InChI is InChI=1S/C18H23N3O3/c1-2-13-3-4-16-14(11-13)17(22)15(12-20-16)18(23)19-5-6-21-7-9-24-10-8-21/h3-4,11-12H,2,5-10H2,1H3,(H,19,23)(H,20,22). The third kappa shape index (κ3) is 3.66. The summed E-state index contributed by atoms with van der Waals surface area (Å²) in [6, 6.07) is 5.73. The van der Waals surface area contributed by atoms with Crippen LogP contribution < -0.4 is 10.7 Å². The maximum atomic E-state index is 12.6. The number of nitrogens with one attached hydrogen (secondary N) is 2. The van der Waals surface area contributed by atoms with Crippen LogP contribution in [0.5, 0.6) is 0 Å². The SMILES string of the molecule is CCc1ccc2[nH]cc(C(=O)NCCN3CCOCC3)c(=O)c2c1. The number of morpholine rings is 1. The largest absolute Gasteiger partial charge is 0.379 e. The fourth-order valence-electron chi connectivity index (χ4n) is 2.90. The quantitative estimate of drug-likeness (QED) is 0.863. The van der Waals surface area contributed by atoms with Crippen LogP contribution >= 0.6 is 0 Å². The number of hydrogen-bond acceptors (Lipinski definition) is 4. The summed E-state index contributed by atoms with van der Waals surface area (Å²) in [4.78, 5) is 30.2. The zero-order chi connectivity index (χ0) is 16.9. The van der Waals surface area contributed by atoms with Crippen molar-refractivity contribution < 1.29 is 9.53 Å². The zero-order valence-corrected chi connectivity index (χ0v) is 13.9. The lowest BCUT2D eigenvalue weighted by Crippen LogP contribution is -2.41. The molecule has 128 valence electrons. The van der Waals surface area contributed by atoms with Gasteiger partial charge in [-0.05, 0) is 24.1 Å². The van der Waals surface area contributed by atoms with Crippen LogP contribution in [0.3, 0.4) is 0 Å². The van der Waals surface area contributed by atoms with Crippen LogP contribution in [0.2, 0.25) is 0 Å². The van der Waals surface area contributed by atoms with Gasteiger partial charge in [0, 0.05) is 43.3 Å². The molecule has 1 aromatic heterocycles. The number of carbonyl (C=O) groups is 1. The molecular weight excluding hydrogens is 306 g/mol. The highest BCUT2D eigenvalue weighted by atomic mass is 16.5. The third-order valence-electron chi connectivity index (χ3n) is 4.42. The normalized spacial score (nSPS) is 15.5. The number of H-pyrrole nitrogens is 1. The predicted octanol–water partition coefficient (Wildman–Crippen LogP) is 1.15. The molecule has 0 spiro atoms. The van der Waals surface area contributed by atoms with Crippen LogP contribution in [0.15, 0.2) is 29.2 Å². The van der Waals surface area contributed by atoms with E-state index < -0.39 is 0 Å². The van der Waals surface area contributed by atoms with Crippen molar-refractivity contribution in [2.24, 2.45) is 0 Å². The first-order valence-electron chi connectivity index (χ1n) is 8.41. The van der Waals surface area contributed by atoms with Crippen molar-refractivity contribution in [1.29, 1.82) is 0 Å². The number of rotatable bonds is 5. The number of fused-ring (bicyclic) bond motifs is 1. The molecule has 1 saturated heterocycles. The molecule has 1 fully saturated rings. The van der Waals surface area contributed by atoms with Gasteiger partial charge in [0.2, 0.25) is 5.43 Å². The van der Waals surface area contributed by atoms with E-state index in [2.05, 4.69) is 15.2 Å². The first-order valence-corrected chi connectivity index (χ1v) is 8.41. The van der Waals surface area contributed by atoms with E-state index in [0.717, 1.165) is 50.3 Å². The van der Waals surface area contributed by atoms with Gasteiger partial charge in [0.1, 0.15) is 5.56 Å². The average molecular weight is 329 g/mol. The second-order valence-corrected chi connectivity index (χ2v) is 5.97. The van der Waals surface area contributed by atoms with Gasteiger partial charge in [0.05, 0.1) is 13.2 Å². The highest BCUT2D eigenvalue weighted by molar-refractivity contribution is 5.97. The number of carbonyl (C=O) groups excluding carboxylic acids is 1. The van der Waals surface area contributed by atoms with Gasteiger partial charge in [-0.2, -0.15) is 0 Å². The molecule has 1 amide bonds. The Morgan fingerprint density at radius 2 is 2.12 bits per heavy atom. The number of aryl methyl sites for hydroxylation is 1. The van der Waals surface area contributed by atoms with Gasteiger partial charge in [0.25, 0.3) is 5.91 Å². The first kappa shape index (κ1) is 16.7. The highest BCUT2D eigenvalue weighted by Gasteiger charge is 2.14. The van der Waals surface area contributed by atoms with E-state index >= 15 is 0 Å². The van der Waals surface area contributed by atoms with E-state index in [1.807, 2.05) is 25.1 Å². The van der Waals surface area contributed by atoms with Gasteiger partial charge in [-0.1, -0.05) is 13.0 Å². The lowest BCUT2D eigenvalue weighted by atomic mass is 10.1. The molecule has 1 aliphatic heterocycles. The summed E-state index contributed by atoms with van der Waals surface area (Å²) in [6.07, 6.45) is 2.35. The molecule has 0 unspecified atom stereocenters. The van der Waals surface area contributed by atoms with Crippen molar-refractivity contribution >= 4 is 16.8 Å². The monoisotopic (exact) mass is 329 g/mol. The number of hydrogen-bond donors (Lipinski definition) is 2. The van der Waals surface area contributed by atoms with Crippen LogP contribution in [0, 0.1) is 0 Å². The number of aromatic nitrogens is 1. The number of benzene rings is 1. The van der Waals surface area contributed by atoms with Gasteiger partial charge >= 0.3 is 0 Å². The Hall–Kier alpha value is -2.18. The minimum Gasteiger partial charge on any atom is -0.379 e. The van der Waals surface area contributed by atoms with Gasteiger partial charge in [-0.25, -0.2) is 0 Å². The average Bonchev–Trinajstić information content (AvgIpc) is 2.62. The molecule has 2 N–H and O–H groups in total. The smallest absolute Gasteiger partial charge is 0.256 e. The van der Waals surface area contributed by atoms with E-state index in [4.69, 9.17) is 4.74 Å². The molecule has 2 aromatic rings. The van der Waals surface area contributed by atoms with Crippen molar-refractivity contribution in [2.45, 2.75) is 13.3 Å². The summed E-state index contributed by atoms with van der Waals surface area (Å²) < 4.78 is 5.30. The van der Waals surface area contributed by atoms with Crippen molar-refractivity contribution in [2.75, 3.05) is 39.4 Å². The summed E-state index contributed by atoms with van der Waals surface area (Å²) in [6.45, 7) is 6.55. The second-order valence-electron chi connectivity index (χ2n) is 5.97. The Bertz CT molecular complexity index is 779. The molecule has 0 bridgehead atoms. The van der Waals surface area contributed by atoms with Gasteiger partial charge < -0.3 is 15.0 Å². The molecule has 1 aliphatic rings. The van der Waals surface area contributed by atoms with Crippen LogP contribution in [0.1, 0.15) is 22.8 Å². The van der Waals surface area contributed by atoms with Crippen molar-refractivity contribution in [3.05, 3.63) is 45.7 Å². The van der Waals surface area contributed by atoms with E-state index in [0.29, 0.717) is 11.9 Å². The Morgan fingerprint density at radius 3 is 2.88 bits per heavy atom. The summed E-state index contributed by atoms with van der Waals surface area (Å²) in [7, 11) is 0. The highest BCUT2D eigenvalue weighted by Crippen LogP contribution is 2.11. The maximum Gasteiger partial charge on any atom is 0.256 e. The van der Waals surface area contributed by atoms with Crippen molar-refractivity contribution in [3.63, 3.8) is 0 Å². The number of pyridine rings is 1. The molecule has 1 aromatic carbocycles. The van der Waals surface area contributed by atoms with Crippen LogP contribution in [0.25, 0.3) is 10.9 Å². The fraction of sp³-hybridized carbons (Fsp3) is 0.444. The molecule has 6 nitrogen and oxygen atoms in total. The molecular formula is C18H23N3O3. The summed E-state index contributed by atoms with van der Waals surface area (Å²) in [5.41, 5.74) is 1.78. The zero-order valence-electron chi connectivity index (χ0n) is 13.9. The molecule has 24 heavy (non-hydrogen) atoms. The third-order valence-corrected chi connectivity index (χ3v) is 4.42. The molecule has 0 aliphatic carbocycles. The van der Waals surface area contributed by atoms with Crippen LogP contribution in [-0.2, 0) is 11.2 Å². The van der Waals surface area contributed by atoms with Crippen LogP contribution in [-0.4, -0.2) is 55.2 Å². The Morgan fingerprint density at radius 1 is 1.33 bits per heavy atom. The number of aromatic amines is 1. The lowest BCUT2D eigenvalue weighted by Gasteiger charge is -2.26. The Kier molecular flexibility index (Phi) is 5.27. The molecule has 3 rings (SSSR count). The molecule has 2 heterocycles. The summed E-state index contributed by atoms with van der Waals surface area (Å²) >= 11 is 0. The van der Waals surface area contributed by atoms with E-state index in [1.54, 1.807) is 0 Å². The minimum atomic E-state index is -0.326. The minimum absolute atomic E-state index is 0.165. The van der Waals surface area contributed by atoms with E-state index in [9.17, 15) is 9.59 Å². The molecule has 0 atom stereocenters. The van der Waals surface area contributed by atoms with Gasteiger partial charge in [0.15, 0.2) is 0 Å². The molecule has 6 heteroatoms. The Balaban J connectivity index is 1.70. The topological polar surface area (TPSA) is 74.4 Å². The van der Waals surface area contributed by atoms with Crippen molar-refractivity contribution in [3.8, 4) is 0 Å². The maximum absolute atomic E-state index is 12.6. The first-order chi connectivity index (χ1) is 11.7. The Labute approximate surface area is 140 Å². The van der Waals surface area contributed by atoms with E-state index in [-0.39, 0.29) is 16.9 Å². The number of amides is 1. The predicted molar refractivity (Wildman–Crippen MR) is 93.5 cm³/mol. The van der Waals surface area contributed by atoms with Gasteiger partial charge in [-0.3, -0.25) is 14.5 Å². The molecule has 0 saturated carbocycles.